The van der Waals surface area contributed by atoms with Gasteiger partial charge in [0.25, 0.3) is 0 Å². The smallest absolute Gasteiger partial charge is 0.307 e. The molecule has 0 aliphatic carbocycles. The summed E-state index contributed by atoms with van der Waals surface area (Å²) in [6.07, 6.45) is 0.0205. The number of fused-ring (bicyclic) bond motifs is 1. The van der Waals surface area contributed by atoms with Gasteiger partial charge in [-0.15, -0.1) is 0 Å². The van der Waals surface area contributed by atoms with Crippen LogP contribution >= 0.6 is 0 Å². The number of carboxylic acid groups (broad SMARTS) is 1. The summed E-state index contributed by atoms with van der Waals surface area (Å²) in [6, 6.07) is 14.1. The molecule has 0 spiro atoms. The Balaban J connectivity index is 2.27. The first-order valence-electron chi connectivity index (χ1n) is 6.95. The summed E-state index contributed by atoms with van der Waals surface area (Å²) in [5.41, 5.74) is 6.10. The highest BCUT2D eigenvalue weighted by Crippen LogP contribution is 2.32. The number of para-hydroxylation sites is 1. The number of nitrogens with one attached hydrogen (secondary N) is 1. The lowest BCUT2D eigenvalue weighted by atomic mass is 10.0. The van der Waals surface area contributed by atoms with Crippen molar-refractivity contribution in [2.75, 3.05) is 0 Å². The van der Waals surface area contributed by atoms with Crippen molar-refractivity contribution >= 4 is 16.9 Å². The molecule has 0 saturated heterocycles. The average Bonchev–Trinajstić information content (AvgIpc) is 2.80. The third kappa shape index (κ3) is 2.42. The summed E-state index contributed by atoms with van der Waals surface area (Å²) < 4.78 is 0. The lowest BCUT2D eigenvalue weighted by molar-refractivity contribution is -0.136. The zero-order valence-corrected chi connectivity index (χ0v) is 12.1. The van der Waals surface area contributed by atoms with E-state index in [1.54, 1.807) is 0 Å². The number of aromatic amines is 1. The van der Waals surface area contributed by atoms with Crippen molar-refractivity contribution < 1.29 is 9.90 Å². The molecule has 0 atom stereocenters. The number of aryl methyl sites for hydroxylation is 2. The highest BCUT2D eigenvalue weighted by Gasteiger charge is 2.16. The largest absolute Gasteiger partial charge is 0.481 e. The number of hydrogen-bond donors (Lipinski definition) is 2. The second-order valence-electron chi connectivity index (χ2n) is 5.41. The molecular weight excluding hydrogens is 262 g/mol. The quantitative estimate of drug-likeness (QED) is 0.759. The third-order valence-corrected chi connectivity index (χ3v) is 3.82. The summed E-state index contributed by atoms with van der Waals surface area (Å²) in [7, 11) is 0. The summed E-state index contributed by atoms with van der Waals surface area (Å²) in [4.78, 5) is 14.6. The van der Waals surface area contributed by atoms with Crippen molar-refractivity contribution in [2.45, 2.75) is 20.3 Å². The molecule has 2 N–H and O–H groups in total. The van der Waals surface area contributed by atoms with Gasteiger partial charge in [0.15, 0.2) is 0 Å². The highest BCUT2D eigenvalue weighted by molar-refractivity contribution is 5.95. The van der Waals surface area contributed by atoms with Crippen LogP contribution in [0.1, 0.15) is 16.7 Å². The van der Waals surface area contributed by atoms with Gasteiger partial charge in [-0.1, -0.05) is 48.0 Å². The van der Waals surface area contributed by atoms with Crippen LogP contribution in [0, 0.1) is 13.8 Å². The molecule has 3 aromatic rings. The fraction of sp³-hybridized carbons (Fsp3) is 0.167. The van der Waals surface area contributed by atoms with E-state index in [4.69, 9.17) is 0 Å². The summed E-state index contributed by atoms with van der Waals surface area (Å²) in [5, 5.41) is 10.2. The first-order chi connectivity index (χ1) is 10.1. The number of aromatic nitrogens is 1. The van der Waals surface area contributed by atoms with Gasteiger partial charge in [0.1, 0.15) is 0 Å². The van der Waals surface area contributed by atoms with Crippen LogP contribution in [0.5, 0.6) is 0 Å². The van der Waals surface area contributed by atoms with Gasteiger partial charge >= 0.3 is 5.97 Å². The fourth-order valence-corrected chi connectivity index (χ4v) is 2.72. The van der Waals surface area contributed by atoms with Gasteiger partial charge in [-0.3, -0.25) is 4.79 Å². The summed E-state index contributed by atoms with van der Waals surface area (Å²) in [5.74, 6) is -0.814. The van der Waals surface area contributed by atoms with Crippen molar-refractivity contribution in [1.82, 2.24) is 4.98 Å². The van der Waals surface area contributed by atoms with E-state index >= 15 is 0 Å². The maximum absolute atomic E-state index is 11.2. The number of hydrogen-bond acceptors (Lipinski definition) is 1. The van der Waals surface area contributed by atoms with Gasteiger partial charge < -0.3 is 10.1 Å². The number of rotatable bonds is 3. The van der Waals surface area contributed by atoms with Gasteiger partial charge in [-0.2, -0.15) is 0 Å². The standard InChI is InChI=1S/C18H17NO2/c1-11-6-8-13(9-7-11)18-15(10-16(20)21)14-5-3-4-12(2)17(14)19-18/h3-9,19H,10H2,1-2H3,(H,20,21). The van der Waals surface area contributed by atoms with Crippen molar-refractivity contribution in [3.05, 3.63) is 59.2 Å². The van der Waals surface area contributed by atoms with E-state index in [2.05, 4.69) is 4.98 Å². The minimum Gasteiger partial charge on any atom is -0.481 e. The monoisotopic (exact) mass is 279 g/mol. The Morgan fingerprint density at radius 1 is 1.10 bits per heavy atom. The molecular formula is C18H17NO2. The number of benzene rings is 2. The van der Waals surface area contributed by atoms with E-state index in [1.807, 2.05) is 56.3 Å². The molecule has 1 heterocycles. The van der Waals surface area contributed by atoms with Gasteiger partial charge in [0.05, 0.1) is 12.1 Å². The SMILES string of the molecule is Cc1ccc(-c2[nH]c3c(C)cccc3c2CC(=O)O)cc1. The lowest BCUT2D eigenvalue weighted by Crippen LogP contribution is -2.00. The van der Waals surface area contributed by atoms with Gasteiger partial charge in [0, 0.05) is 10.9 Å². The van der Waals surface area contributed by atoms with Gasteiger partial charge in [-0.25, -0.2) is 0 Å². The van der Waals surface area contributed by atoms with Crippen LogP contribution in [0.4, 0.5) is 0 Å². The highest BCUT2D eigenvalue weighted by atomic mass is 16.4. The zero-order valence-electron chi connectivity index (χ0n) is 12.1. The molecule has 3 heteroatoms. The van der Waals surface area contributed by atoms with E-state index in [1.165, 1.54) is 5.56 Å². The number of carbonyl (C=O) groups is 1. The minimum absolute atomic E-state index is 0.0205. The molecule has 0 unspecified atom stereocenters. The molecule has 0 aliphatic rings. The van der Waals surface area contributed by atoms with Gasteiger partial charge in [0.2, 0.25) is 0 Å². The van der Waals surface area contributed by atoms with Crippen LogP contribution in [0.3, 0.4) is 0 Å². The molecule has 0 amide bonds. The number of carboxylic acids is 1. The molecule has 0 saturated carbocycles. The molecule has 1 aromatic heterocycles. The van der Waals surface area contributed by atoms with Crippen LogP contribution in [0.25, 0.3) is 22.2 Å². The Morgan fingerprint density at radius 2 is 1.81 bits per heavy atom. The maximum atomic E-state index is 11.2. The average molecular weight is 279 g/mol. The molecule has 3 rings (SSSR count). The predicted octanol–water partition coefficient (Wildman–Crippen LogP) is 4.08. The van der Waals surface area contributed by atoms with Crippen LogP contribution < -0.4 is 0 Å². The molecule has 0 fully saturated rings. The predicted molar refractivity (Wildman–Crippen MR) is 84.5 cm³/mol. The number of aliphatic carboxylic acids is 1. The lowest BCUT2D eigenvalue weighted by Gasteiger charge is -2.03. The van der Waals surface area contributed by atoms with Crippen LogP contribution in [0.15, 0.2) is 42.5 Å². The van der Waals surface area contributed by atoms with Crippen LogP contribution in [-0.4, -0.2) is 16.1 Å². The van der Waals surface area contributed by atoms with E-state index in [-0.39, 0.29) is 6.42 Å². The molecule has 3 nitrogen and oxygen atoms in total. The summed E-state index contributed by atoms with van der Waals surface area (Å²) in [6.45, 7) is 4.07. The van der Waals surface area contributed by atoms with Gasteiger partial charge in [-0.05, 0) is 30.5 Å². The summed E-state index contributed by atoms with van der Waals surface area (Å²) >= 11 is 0. The Bertz CT molecular complexity index is 813. The van der Waals surface area contributed by atoms with Crippen molar-refractivity contribution in [1.29, 1.82) is 0 Å². The second-order valence-corrected chi connectivity index (χ2v) is 5.41. The molecule has 0 radical (unpaired) electrons. The van der Waals surface area contributed by atoms with E-state index in [0.717, 1.165) is 33.3 Å². The zero-order chi connectivity index (χ0) is 15.0. The normalized spacial score (nSPS) is 11.0. The maximum Gasteiger partial charge on any atom is 0.307 e. The first-order valence-corrected chi connectivity index (χ1v) is 6.95. The van der Waals surface area contributed by atoms with E-state index < -0.39 is 5.97 Å². The van der Waals surface area contributed by atoms with Crippen molar-refractivity contribution in [3.63, 3.8) is 0 Å². The molecule has 106 valence electrons. The first kappa shape index (κ1) is 13.4. The third-order valence-electron chi connectivity index (χ3n) is 3.82. The van der Waals surface area contributed by atoms with Crippen molar-refractivity contribution in [2.24, 2.45) is 0 Å². The Labute approximate surface area is 123 Å². The Hall–Kier alpha value is -2.55. The minimum atomic E-state index is -0.814. The number of H-pyrrole nitrogens is 1. The Kier molecular flexibility index (Phi) is 3.26. The Morgan fingerprint density at radius 3 is 2.48 bits per heavy atom. The van der Waals surface area contributed by atoms with E-state index in [0.29, 0.717) is 0 Å². The van der Waals surface area contributed by atoms with Crippen LogP contribution in [-0.2, 0) is 11.2 Å². The second kappa shape index (κ2) is 5.09. The van der Waals surface area contributed by atoms with E-state index in [9.17, 15) is 9.90 Å². The topological polar surface area (TPSA) is 53.1 Å². The van der Waals surface area contributed by atoms with Crippen molar-refractivity contribution in [3.8, 4) is 11.3 Å². The molecule has 0 aliphatic heterocycles. The molecule has 0 bridgehead atoms. The fourth-order valence-electron chi connectivity index (χ4n) is 2.72. The molecule has 2 aromatic carbocycles. The van der Waals surface area contributed by atoms with Crippen LogP contribution in [0.2, 0.25) is 0 Å². The molecule has 21 heavy (non-hydrogen) atoms.